The van der Waals surface area contributed by atoms with Crippen molar-refractivity contribution in [2.24, 2.45) is 0 Å². The fourth-order valence-corrected chi connectivity index (χ4v) is 2.91. The molecule has 1 aromatic rings. The predicted octanol–water partition coefficient (Wildman–Crippen LogP) is 2.14. The Morgan fingerprint density at radius 1 is 1.67 bits per heavy atom. The highest BCUT2D eigenvalue weighted by atomic mass is 79.9. The Bertz CT molecular complexity index is 345. The molecule has 0 saturated heterocycles. The summed E-state index contributed by atoms with van der Waals surface area (Å²) in [5.74, 6) is -0.358. The highest BCUT2D eigenvalue weighted by Crippen LogP contribution is 2.42. The summed E-state index contributed by atoms with van der Waals surface area (Å²) in [6.07, 6.45) is 0.805. The SMILES string of the molecule is O=C(O)c1sc(Br)c2c1OCC2. The van der Waals surface area contributed by atoms with Crippen LogP contribution in [-0.4, -0.2) is 17.7 Å². The van der Waals surface area contributed by atoms with Crippen LogP contribution in [0.5, 0.6) is 5.75 Å². The van der Waals surface area contributed by atoms with Gasteiger partial charge in [-0.05, 0) is 15.9 Å². The first-order chi connectivity index (χ1) is 5.70. The molecule has 0 atom stereocenters. The standard InChI is InChI=1S/C7H5BrO3S/c8-6-3-1-2-11-4(3)5(12-6)7(9)10/h1-2H2,(H,9,10). The first-order valence-corrected chi connectivity index (χ1v) is 4.98. The third-order valence-corrected chi connectivity index (χ3v) is 3.66. The van der Waals surface area contributed by atoms with E-state index in [0.29, 0.717) is 17.2 Å². The predicted molar refractivity (Wildman–Crippen MR) is 48.2 cm³/mol. The molecule has 2 rings (SSSR count). The number of fused-ring (bicyclic) bond motifs is 1. The van der Waals surface area contributed by atoms with Crippen LogP contribution in [0.15, 0.2) is 3.79 Å². The number of rotatable bonds is 1. The summed E-state index contributed by atoms with van der Waals surface area (Å²) >= 11 is 4.53. The summed E-state index contributed by atoms with van der Waals surface area (Å²) in [5, 5.41) is 8.77. The zero-order chi connectivity index (χ0) is 8.72. The van der Waals surface area contributed by atoms with Crippen LogP contribution in [0.2, 0.25) is 0 Å². The van der Waals surface area contributed by atoms with E-state index < -0.39 is 5.97 Å². The van der Waals surface area contributed by atoms with Crippen LogP contribution >= 0.6 is 27.3 Å². The molecule has 0 amide bonds. The van der Waals surface area contributed by atoms with Crippen molar-refractivity contribution in [1.29, 1.82) is 0 Å². The quantitative estimate of drug-likeness (QED) is 0.829. The number of hydrogen-bond acceptors (Lipinski definition) is 3. The van der Waals surface area contributed by atoms with Crippen molar-refractivity contribution in [3.8, 4) is 5.75 Å². The van der Waals surface area contributed by atoms with E-state index >= 15 is 0 Å². The van der Waals surface area contributed by atoms with E-state index in [0.717, 1.165) is 15.8 Å². The highest BCUT2D eigenvalue weighted by molar-refractivity contribution is 9.11. The topological polar surface area (TPSA) is 46.5 Å². The average molecular weight is 249 g/mol. The minimum absolute atomic E-state index is 0.300. The van der Waals surface area contributed by atoms with Crippen molar-refractivity contribution in [1.82, 2.24) is 0 Å². The molecular formula is C7H5BrO3S. The Morgan fingerprint density at radius 3 is 3.08 bits per heavy atom. The molecule has 3 nitrogen and oxygen atoms in total. The molecule has 0 bridgehead atoms. The lowest BCUT2D eigenvalue weighted by molar-refractivity contribution is 0.0699. The number of carboxylic acids is 1. The van der Waals surface area contributed by atoms with Crippen LogP contribution in [0.3, 0.4) is 0 Å². The summed E-state index contributed by atoms with van der Waals surface area (Å²) in [4.78, 5) is 11.0. The molecule has 64 valence electrons. The molecular weight excluding hydrogens is 244 g/mol. The monoisotopic (exact) mass is 248 g/mol. The Morgan fingerprint density at radius 2 is 2.42 bits per heavy atom. The van der Waals surface area contributed by atoms with Crippen LogP contribution in [0.25, 0.3) is 0 Å². The molecule has 1 aromatic heterocycles. The van der Waals surface area contributed by atoms with Gasteiger partial charge < -0.3 is 9.84 Å². The summed E-state index contributed by atoms with van der Waals surface area (Å²) in [6.45, 7) is 0.594. The lowest BCUT2D eigenvalue weighted by Crippen LogP contribution is -1.96. The van der Waals surface area contributed by atoms with Gasteiger partial charge in [-0.1, -0.05) is 0 Å². The fourth-order valence-electron chi connectivity index (χ4n) is 1.18. The second-order valence-corrected chi connectivity index (χ2v) is 4.75. The first-order valence-electron chi connectivity index (χ1n) is 3.37. The maximum atomic E-state index is 10.7. The average Bonchev–Trinajstić information content (AvgIpc) is 2.53. The molecule has 1 N–H and O–H groups in total. The van der Waals surface area contributed by atoms with Gasteiger partial charge in [-0.2, -0.15) is 0 Å². The van der Waals surface area contributed by atoms with Gasteiger partial charge in [0.1, 0.15) is 5.75 Å². The zero-order valence-corrected chi connectivity index (χ0v) is 8.37. The summed E-state index contributed by atoms with van der Waals surface area (Å²) in [7, 11) is 0. The number of aromatic carboxylic acids is 1. The highest BCUT2D eigenvalue weighted by Gasteiger charge is 2.26. The minimum atomic E-state index is -0.913. The largest absolute Gasteiger partial charge is 0.491 e. The van der Waals surface area contributed by atoms with Crippen molar-refractivity contribution < 1.29 is 14.6 Å². The van der Waals surface area contributed by atoms with Gasteiger partial charge in [0.25, 0.3) is 0 Å². The molecule has 0 aromatic carbocycles. The lowest BCUT2D eigenvalue weighted by atomic mass is 10.2. The van der Waals surface area contributed by atoms with Crippen molar-refractivity contribution in [3.05, 3.63) is 14.2 Å². The van der Waals surface area contributed by atoms with Gasteiger partial charge in [0.2, 0.25) is 0 Å². The molecule has 1 aliphatic heterocycles. The molecule has 2 heterocycles. The second-order valence-electron chi connectivity index (χ2n) is 2.42. The third kappa shape index (κ3) is 1.04. The molecule has 0 aliphatic carbocycles. The molecule has 5 heteroatoms. The van der Waals surface area contributed by atoms with Gasteiger partial charge >= 0.3 is 5.97 Å². The number of ether oxygens (including phenoxy) is 1. The van der Waals surface area contributed by atoms with Crippen LogP contribution in [0, 0.1) is 0 Å². The van der Waals surface area contributed by atoms with E-state index in [9.17, 15) is 4.79 Å². The van der Waals surface area contributed by atoms with Gasteiger partial charge in [0.15, 0.2) is 4.88 Å². The normalized spacial score (nSPS) is 14.1. The lowest BCUT2D eigenvalue weighted by Gasteiger charge is -1.94. The molecule has 12 heavy (non-hydrogen) atoms. The van der Waals surface area contributed by atoms with Crippen LogP contribution in [0.4, 0.5) is 0 Å². The van der Waals surface area contributed by atoms with Crippen LogP contribution in [0.1, 0.15) is 15.2 Å². The third-order valence-electron chi connectivity index (χ3n) is 1.70. The van der Waals surface area contributed by atoms with Crippen LogP contribution in [-0.2, 0) is 6.42 Å². The second kappa shape index (κ2) is 2.74. The summed E-state index contributed by atoms with van der Waals surface area (Å²) < 4.78 is 6.09. The van der Waals surface area contributed by atoms with E-state index in [1.54, 1.807) is 0 Å². The van der Waals surface area contributed by atoms with Gasteiger partial charge in [0, 0.05) is 12.0 Å². The van der Waals surface area contributed by atoms with Gasteiger partial charge in [-0.25, -0.2) is 4.79 Å². The van der Waals surface area contributed by atoms with Crippen molar-refractivity contribution in [3.63, 3.8) is 0 Å². The van der Waals surface area contributed by atoms with Gasteiger partial charge in [0.05, 0.1) is 10.4 Å². The number of halogens is 1. The smallest absolute Gasteiger partial charge is 0.349 e. The number of carbonyl (C=O) groups is 1. The maximum absolute atomic E-state index is 10.7. The van der Waals surface area contributed by atoms with Crippen molar-refractivity contribution in [2.75, 3.05) is 6.61 Å². The molecule has 0 unspecified atom stereocenters. The van der Waals surface area contributed by atoms with E-state index in [-0.39, 0.29) is 0 Å². The van der Waals surface area contributed by atoms with Crippen molar-refractivity contribution in [2.45, 2.75) is 6.42 Å². The first kappa shape index (κ1) is 8.07. The fraction of sp³-hybridized carbons (Fsp3) is 0.286. The summed E-state index contributed by atoms with van der Waals surface area (Å²) in [6, 6.07) is 0. The number of thiophene rings is 1. The molecule has 0 radical (unpaired) electrons. The van der Waals surface area contributed by atoms with Gasteiger partial charge in [-0.3, -0.25) is 0 Å². The number of carboxylic acid groups (broad SMARTS) is 1. The number of hydrogen-bond donors (Lipinski definition) is 1. The maximum Gasteiger partial charge on any atom is 0.349 e. The van der Waals surface area contributed by atoms with E-state index in [1.165, 1.54) is 11.3 Å². The van der Waals surface area contributed by atoms with E-state index in [4.69, 9.17) is 9.84 Å². The van der Waals surface area contributed by atoms with E-state index in [1.807, 2.05) is 0 Å². The Balaban J connectivity index is 2.58. The van der Waals surface area contributed by atoms with E-state index in [2.05, 4.69) is 15.9 Å². The zero-order valence-electron chi connectivity index (χ0n) is 5.96. The molecule has 0 fully saturated rings. The minimum Gasteiger partial charge on any atom is -0.491 e. The Kier molecular flexibility index (Phi) is 1.84. The summed E-state index contributed by atoms with van der Waals surface area (Å²) in [5.41, 5.74) is 0.998. The van der Waals surface area contributed by atoms with Gasteiger partial charge in [-0.15, -0.1) is 11.3 Å². The van der Waals surface area contributed by atoms with Crippen LogP contribution < -0.4 is 4.74 Å². The molecule has 0 spiro atoms. The Hall–Kier alpha value is -0.550. The molecule has 1 aliphatic rings. The molecule has 0 saturated carbocycles. The van der Waals surface area contributed by atoms with Crippen molar-refractivity contribution >= 4 is 33.2 Å². The Labute approximate surface area is 81.1 Å².